The van der Waals surface area contributed by atoms with E-state index in [-0.39, 0.29) is 25.4 Å². The first-order valence-corrected chi connectivity index (χ1v) is 6.92. The fraction of sp³-hybridized carbons (Fsp3) is 0.500. The Hall–Kier alpha value is -1.68. The van der Waals surface area contributed by atoms with E-state index in [0.717, 1.165) is 11.1 Å². The lowest BCUT2D eigenvalue weighted by atomic mass is 9.76. The molecule has 1 unspecified atom stereocenters. The van der Waals surface area contributed by atoms with Crippen LogP contribution in [0, 0.1) is 12.3 Å². The lowest BCUT2D eigenvalue weighted by Crippen LogP contribution is -2.49. The van der Waals surface area contributed by atoms with E-state index in [2.05, 4.69) is 0 Å². The molecule has 0 amide bonds. The molecule has 0 aliphatic carbocycles. The van der Waals surface area contributed by atoms with Gasteiger partial charge in [-0.25, -0.2) is 0 Å². The molecule has 1 aliphatic rings. The highest BCUT2D eigenvalue weighted by atomic mass is 16.5. The molecule has 2 rings (SSSR count). The average molecular weight is 276 g/mol. The first kappa shape index (κ1) is 14.7. The van der Waals surface area contributed by atoms with E-state index in [1.807, 2.05) is 31.2 Å². The van der Waals surface area contributed by atoms with Gasteiger partial charge < -0.3 is 9.47 Å². The number of benzene rings is 1. The molecule has 1 aromatic rings. The summed E-state index contributed by atoms with van der Waals surface area (Å²) in [5.74, 6) is -0.548. The SMILES string of the molecule is CCOC(=O)C1(Cc2ccc(C)cc2)COCCC1=O. The van der Waals surface area contributed by atoms with Gasteiger partial charge in [-0.05, 0) is 25.8 Å². The van der Waals surface area contributed by atoms with E-state index in [4.69, 9.17) is 9.47 Å². The van der Waals surface area contributed by atoms with Crippen molar-refractivity contribution in [2.45, 2.75) is 26.7 Å². The van der Waals surface area contributed by atoms with Gasteiger partial charge >= 0.3 is 5.97 Å². The Bertz CT molecular complexity index is 492. The van der Waals surface area contributed by atoms with Crippen LogP contribution in [0.3, 0.4) is 0 Å². The monoisotopic (exact) mass is 276 g/mol. The minimum absolute atomic E-state index is 0.0808. The Labute approximate surface area is 119 Å². The van der Waals surface area contributed by atoms with Crippen molar-refractivity contribution in [2.24, 2.45) is 5.41 Å². The quantitative estimate of drug-likeness (QED) is 0.624. The summed E-state index contributed by atoms with van der Waals surface area (Å²) in [6.07, 6.45) is 0.607. The minimum atomic E-state index is -1.18. The van der Waals surface area contributed by atoms with Crippen LogP contribution in [0.4, 0.5) is 0 Å². The highest BCUT2D eigenvalue weighted by Crippen LogP contribution is 2.31. The molecule has 1 fully saturated rings. The van der Waals surface area contributed by atoms with Gasteiger partial charge in [0.05, 0.1) is 19.8 Å². The molecule has 1 saturated heterocycles. The number of carbonyl (C=O) groups is 2. The largest absolute Gasteiger partial charge is 0.465 e. The number of hydrogen-bond acceptors (Lipinski definition) is 4. The van der Waals surface area contributed by atoms with Gasteiger partial charge in [0.2, 0.25) is 0 Å². The lowest BCUT2D eigenvalue weighted by molar-refractivity contribution is -0.169. The first-order chi connectivity index (χ1) is 9.58. The van der Waals surface area contributed by atoms with Crippen LogP contribution in [0.5, 0.6) is 0 Å². The summed E-state index contributed by atoms with van der Waals surface area (Å²) in [4.78, 5) is 24.6. The van der Waals surface area contributed by atoms with Gasteiger partial charge in [-0.2, -0.15) is 0 Å². The van der Waals surface area contributed by atoms with Gasteiger partial charge in [-0.3, -0.25) is 9.59 Å². The average Bonchev–Trinajstić information content (AvgIpc) is 2.44. The molecule has 4 heteroatoms. The number of hydrogen-bond donors (Lipinski definition) is 0. The van der Waals surface area contributed by atoms with Crippen molar-refractivity contribution in [1.29, 1.82) is 0 Å². The van der Waals surface area contributed by atoms with Crippen molar-refractivity contribution < 1.29 is 19.1 Å². The van der Waals surface area contributed by atoms with E-state index in [9.17, 15) is 9.59 Å². The molecule has 0 N–H and O–H groups in total. The topological polar surface area (TPSA) is 52.6 Å². The van der Waals surface area contributed by atoms with Crippen LogP contribution in [0.25, 0.3) is 0 Å². The van der Waals surface area contributed by atoms with Crippen molar-refractivity contribution in [3.8, 4) is 0 Å². The van der Waals surface area contributed by atoms with Crippen molar-refractivity contribution in [3.05, 3.63) is 35.4 Å². The van der Waals surface area contributed by atoms with Gasteiger partial charge in [0, 0.05) is 6.42 Å². The maximum atomic E-state index is 12.3. The second kappa shape index (κ2) is 6.18. The number of ketones is 1. The van der Waals surface area contributed by atoms with Gasteiger partial charge in [-0.1, -0.05) is 29.8 Å². The molecule has 1 aliphatic heterocycles. The zero-order chi connectivity index (χ0) is 14.6. The normalized spacial score (nSPS) is 22.6. The van der Waals surface area contributed by atoms with Gasteiger partial charge in [0.15, 0.2) is 11.2 Å². The predicted octanol–water partition coefficient (Wildman–Crippen LogP) is 2.08. The number of carbonyl (C=O) groups excluding carboxylic acids is 2. The Morgan fingerprint density at radius 2 is 2.05 bits per heavy atom. The van der Waals surface area contributed by atoms with E-state index in [1.54, 1.807) is 6.92 Å². The molecule has 0 bridgehead atoms. The third-order valence-corrected chi connectivity index (χ3v) is 3.65. The van der Waals surface area contributed by atoms with Crippen LogP contribution in [-0.4, -0.2) is 31.6 Å². The number of esters is 1. The second-order valence-electron chi connectivity index (χ2n) is 5.19. The molecule has 4 nitrogen and oxygen atoms in total. The Kier molecular flexibility index (Phi) is 4.55. The summed E-state index contributed by atoms with van der Waals surface area (Å²) in [7, 11) is 0. The summed E-state index contributed by atoms with van der Waals surface area (Å²) in [6.45, 7) is 4.50. The van der Waals surface area contributed by atoms with Gasteiger partial charge in [-0.15, -0.1) is 0 Å². The molecule has 108 valence electrons. The van der Waals surface area contributed by atoms with E-state index in [0.29, 0.717) is 13.0 Å². The highest BCUT2D eigenvalue weighted by molar-refractivity contribution is 6.04. The molecule has 0 aromatic heterocycles. The Morgan fingerprint density at radius 1 is 1.35 bits per heavy atom. The molecule has 1 heterocycles. The third kappa shape index (κ3) is 2.90. The summed E-state index contributed by atoms with van der Waals surface area (Å²) < 4.78 is 10.5. The molecular formula is C16H20O4. The van der Waals surface area contributed by atoms with Crippen LogP contribution in [0.2, 0.25) is 0 Å². The molecule has 0 saturated carbocycles. The summed E-state index contributed by atoms with van der Waals surface area (Å²) >= 11 is 0. The first-order valence-electron chi connectivity index (χ1n) is 6.92. The van der Waals surface area contributed by atoms with Crippen LogP contribution in [-0.2, 0) is 25.5 Å². The fourth-order valence-electron chi connectivity index (χ4n) is 2.45. The van der Waals surface area contributed by atoms with Crippen LogP contribution >= 0.6 is 0 Å². The highest BCUT2D eigenvalue weighted by Gasteiger charge is 2.48. The van der Waals surface area contributed by atoms with Crippen molar-refractivity contribution >= 4 is 11.8 Å². The zero-order valence-corrected chi connectivity index (χ0v) is 12.0. The standard InChI is InChI=1S/C16H20O4/c1-3-20-15(18)16(11-19-9-8-14(16)17)10-13-6-4-12(2)5-7-13/h4-7H,3,8-11H2,1-2H3. The molecule has 1 aromatic carbocycles. The van der Waals surface area contributed by atoms with E-state index in [1.165, 1.54) is 0 Å². The third-order valence-electron chi connectivity index (χ3n) is 3.65. The van der Waals surface area contributed by atoms with Crippen molar-refractivity contribution in [3.63, 3.8) is 0 Å². The maximum Gasteiger partial charge on any atom is 0.322 e. The molecular weight excluding hydrogens is 256 g/mol. The number of ether oxygens (including phenoxy) is 2. The second-order valence-corrected chi connectivity index (χ2v) is 5.19. The molecule has 1 atom stereocenters. The van der Waals surface area contributed by atoms with Gasteiger partial charge in [0.25, 0.3) is 0 Å². The summed E-state index contributed by atoms with van der Waals surface area (Å²) in [6, 6.07) is 7.83. The fourth-order valence-corrected chi connectivity index (χ4v) is 2.45. The van der Waals surface area contributed by atoms with E-state index >= 15 is 0 Å². The molecule has 20 heavy (non-hydrogen) atoms. The number of Topliss-reactive ketones (excluding diaryl/α,β-unsaturated/α-hetero) is 1. The summed E-state index contributed by atoms with van der Waals surface area (Å²) in [5, 5.41) is 0. The number of rotatable bonds is 4. The smallest absolute Gasteiger partial charge is 0.322 e. The number of aryl methyl sites for hydroxylation is 1. The minimum Gasteiger partial charge on any atom is -0.465 e. The van der Waals surface area contributed by atoms with Crippen LogP contribution < -0.4 is 0 Å². The zero-order valence-electron chi connectivity index (χ0n) is 12.0. The lowest BCUT2D eigenvalue weighted by Gasteiger charge is -2.33. The van der Waals surface area contributed by atoms with Crippen molar-refractivity contribution in [1.82, 2.24) is 0 Å². The van der Waals surface area contributed by atoms with Crippen LogP contribution in [0.15, 0.2) is 24.3 Å². The van der Waals surface area contributed by atoms with Crippen molar-refractivity contribution in [2.75, 3.05) is 19.8 Å². The molecule has 0 radical (unpaired) electrons. The van der Waals surface area contributed by atoms with E-state index < -0.39 is 11.4 Å². The predicted molar refractivity (Wildman–Crippen MR) is 74.4 cm³/mol. The van der Waals surface area contributed by atoms with Gasteiger partial charge in [0.1, 0.15) is 0 Å². The maximum absolute atomic E-state index is 12.3. The Morgan fingerprint density at radius 3 is 2.65 bits per heavy atom. The summed E-state index contributed by atoms with van der Waals surface area (Å²) in [5.41, 5.74) is 0.913. The van der Waals surface area contributed by atoms with Crippen LogP contribution in [0.1, 0.15) is 24.5 Å². The molecule has 0 spiro atoms. The Balaban J connectivity index is 2.28.